The van der Waals surface area contributed by atoms with Crippen LogP contribution in [0.2, 0.25) is 0 Å². The van der Waals surface area contributed by atoms with Crippen LogP contribution in [-0.4, -0.2) is 35.0 Å². The third-order valence-electron chi connectivity index (χ3n) is 4.22. The molecule has 0 radical (unpaired) electrons. The summed E-state index contributed by atoms with van der Waals surface area (Å²) in [4.78, 5) is 24.9. The van der Waals surface area contributed by atoms with Gasteiger partial charge in [-0.2, -0.15) is 0 Å². The highest BCUT2D eigenvalue weighted by molar-refractivity contribution is 6.03. The molecule has 1 aliphatic heterocycles. The highest BCUT2D eigenvalue weighted by Gasteiger charge is 2.47. The third-order valence-corrected chi connectivity index (χ3v) is 4.22. The number of nitrogens with zero attached hydrogens (tertiary/aromatic N) is 1. The van der Waals surface area contributed by atoms with Crippen LogP contribution in [0.25, 0.3) is 0 Å². The van der Waals surface area contributed by atoms with Crippen LogP contribution in [0.15, 0.2) is 11.6 Å². The van der Waals surface area contributed by atoms with Gasteiger partial charge in [-0.3, -0.25) is 4.79 Å². The normalized spacial score (nSPS) is 23.4. The Hall–Kier alpha value is -1.32. The fraction of sp³-hybridized carbons (Fsp3) is 0.714. The van der Waals surface area contributed by atoms with Crippen LogP contribution in [0, 0.1) is 10.8 Å². The van der Waals surface area contributed by atoms with Gasteiger partial charge in [-0.25, -0.2) is 4.79 Å². The van der Waals surface area contributed by atoms with E-state index in [9.17, 15) is 9.59 Å². The van der Waals surface area contributed by atoms with E-state index in [2.05, 4.69) is 26.8 Å². The lowest BCUT2D eigenvalue weighted by Gasteiger charge is -2.38. The number of carboxylic acid groups (broad SMARTS) is 1. The molecule has 0 atom stereocenters. The monoisotopic (exact) mass is 251 g/mol. The van der Waals surface area contributed by atoms with Crippen molar-refractivity contribution >= 4 is 11.9 Å². The van der Waals surface area contributed by atoms with Gasteiger partial charge in [-0.15, -0.1) is 0 Å². The van der Waals surface area contributed by atoms with Crippen molar-refractivity contribution in [1.29, 1.82) is 0 Å². The first kappa shape index (κ1) is 13.1. The van der Waals surface area contributed by atoms with Crippen LogP contribution >= 0.6 is 0 Å². The van der Waals surface area contributed by atoms with Crippen LogP contribution in [-0.2, 0) is 4.79 Å². The first-order valence-electron chi connectivity index (χ1n) is 6.50. The summed E-state index contributed by atoms with van der Waals surface area (Å²) in [5.74, 6) is 0.250. The largest absolute Gasteiger partial charge is 0.465 e. The van der Waals surface area contributed by atoms with Gasteiger partial charge in [0.2, 0.25) is 0 Å². The fourth-order valence-electron chi connectivity index (χ4n) is 2.97. The lowest BCUT2D eigenvalue weighted by atomic mass is 9.72. The zero-order chi connectivity index (χ0) is 13.6. The fourth-order valence-corrected chi connectivity index (χ4v) is 2.97. The summed E-state index contributed by atoms with van der Waals surface area (Å²) in [6.45, 7) is 7.13. The van der Waals surface area contributed by atoms with Crippen molar-refractivity contribution in [2.45, 2.75) is 40.0 Å². The average molecular weight is 251 g/mol. The van der Waals surface area contributed by atoms with Gasteiger partial charge < -0.3 is 10.0 Å². The molecule has 1 heterocycles. The summed E-state index contributed by atoms with van der Waals surface area (Å²) in [6.07, 6.45) is 3.30. The average Bonchev–Trinajstić information content (AvgIpc) is 2.57. The number of likely N-dealkylation sites (tertiary alicyclic amines) is 1. The van der Waals surface area contributed by atoms with E-state index in [1.165, 1.54) is 4.90 Å². The zero-order valence-corrected chi connectivity index (χ0v) is 11.3. The van der Waals surface area contributed by atoms with Crippen molar-refractivity contribution in [2.75, 3.05) is 13.1 Å². The summed E-state index contributed by atoms with van der Waals surface area (Å²) in [5.41, 5.74) is 0.505. The summed E-state index contributed by atoms with van der Waals surface area (Å²) in [6, 6.07) is 0. The maximum absolute atomic E-state index is 12.6. The minimum Gasteiger partial charge on any atom is -0.465 e. The number of Topliss-reactive ketones (excluding diaryl/α,β-unsaturated/α-hetero) is 1. The van der Waals surface area contributed by atoms with Crippen LogP contribution in [0.1, 0.15) is 40.0 Å². The molecule has 1 saturated heterocycles. The van der Waals surface area contributed by atoms with E-state index in [0.717, 1.165) is 12.0 Å². The molecular weight excluding hydrogens is 230 g/mol. The molecule has 0 bridgehead atoms. The van der Waals surface area contributed by atoms with Gasteiger partial charge in [0.25, 0.3) is 0 Å². The van der Waals surface area contributed by atoms with Gasteiger partial charge in [0, 0.05) is 18.5 Å². The van der Waals surface area contributed by atoms with Crippen molar-refractivity contribution in [3.63, 3.8) is 0 Å². The number of rotatable bonds is 0. The summed E-state index contributed by atoms with van der Waals surface area (Å²) < 4.78 is 0. The second-order valence-electron chi connectivity index (χ2n) is 6.45. The lowest BCUT2D eigenvalue weighted by Crippen LogP contribution is -2.45. The van der Waals surface area contributed by atoms with E-state index in [-0.39, 0.29) is 16.6 Å². The molecule has 1 spiro atoms. The Morgan fingerprint density at radius 1 is 1.33 bits per heavy atom. The van der Waals surface area contributed by atoms with Crippen LogP contribution in [0.4, 0.5) is 4.79 Å². The molecule has 0 aromatic carbocycles. The van der Waals surface area contributed by atoms with Crippen LogP contribution < -0.4 is 0 Å². The summed E-state index contributed by atoms with van der Waals surface area (Å²) >= 11 is 0. The molecule has 1 fully saturated rings. The number of hydrogen-bond acceptors (Lipinski definition) is 2. The second kappa shape index (κ2) is 4.11. The van der Waals surface area contributed by atoms with Gasteiger partial charge in [-0.05, 0) is 30.3 Å². The molecule has 18 heavy (non-hydrogen) atoms. The van der Waals surface area contributed by atoms with Crippen molar-refractivity contribution in [3.05, 3.63) is 11.6 Å². The molecule has 2 aliphatic rings. The molecule has 1 amide bonds. The van der Waals surface area contributed by atoms with E-state index in [4.69, 9.17) is 5.11 Å². The molecule has 1 N–H and O–H groups in total. The van der Waals surface area contributed by atoms with Crippen molar-refractivity contribution in [1.82, 2.24) is 4.90 Å². The zero-order valence-electron chi connectivity index (χ0n) is 11.3. The summed E-state index contributed by atoms with van der Waals surface area (Å²) in [5, 5.41) is 8.94. The lowest BCUT2D eigenvalue weighted by molar-refractivity contribution is -0.126. The number of amides is 1. The molecule has 100 valence electrons. The second-order valence-corrected chi connectivity index (χ2v) is 6.45. The minimum atomic E-state index is -0.876. The Bertz CT molecular complexity index is 409. The molecule has 1 aliphatic carbocycles. The Morgan fingerprint density at radius 2 is 1.89 bits per heavy atom. The number of piperidine rings is 1. The van der Waals surface area contributed by atoms with Crippen molar-refractivity contribution < 1.29 is 14.7 Å². The topological polar surface area (TPSA) is 57.6 Å². The Morgan fingerprint density at radius 3 is 2.28 bits per heavy atom. The first-order chi connectivity index (χ1) is 8.26. The number of carbonyl (C=O) groups excluding carboxylic acids is 1. The molecule has 0 aromatic rings. The maximum Gasteiger partial charge on any atom is 0.407 e. The quantitative estimate of drug-likeness (QED) is 0.720. The van der Waals surface area contributed by atoms with Crippen molar-refractivity contribution in [2.24, 2.45) is 10.8 Å². The SMILES string of the molecule is CC(C)(C)C1=CCC2(CCN(C(=O)O)CC2)C1=O. The number of carbonyl (C=O) groups is 2. The Balaban J connectivity index is 2.10. The van der Waals surface area contributed by atoms with Gasteiger partial charge in [0.15, 0.2) is 5.78 Å². The Kier molecular flexibility index (Phi) is 2.99. The number of allylic oxidation sites excluding steroid dienone is 2. The summed E-state index contributed by atoms with van der Waals surface area (Å²) in [7, 11) is 0. The third kappa shape index (κ3) is 2.04. The van der Waals surface area contributed by atoms with E-state index in [0.29, 0.717) is 25.9 Å². The van der Waals surface area contributed by atoms with Gasteiger partial charge in [0.05, 0.1) is 0 Å². The van der Waals surface area contributed by atoms with Crippen LogP contribution in [0.3, 0.4) is 0 Å². The molecule has 4 nitrogen and oxygen atoms in total. The molecule has 0 unspecified atom stereocenters. The van der Waals surface area contributed by atoms with E-state index in [1.807, 2.05) is 0 Å². The van der Waals surface area contributed by atoms with E-state index < -0.39 is 6.09 Å². The van der Waals surface area contributed by atoms with E-state index in [1.54, 1.807) is 0 Å². The predicted molar refractivity (Wildman–Crippen MR) is 68.4 cm³/mol. The van der Waals surface area contributed by atoms with Crippen molar-refractivity contribution in [3.8, 4) is 0 Å². The Labute approximate surface area is 108 Å². The minimum absolute atomic E-state index is 0.107. The first-order valence-corrected chi connectivity index (χ1v) is 6.50. The molecule has 4 heteroatoms. The van der Waals surface area contributed by atoms with Gasteiger partial charge >= 0.3 is 6.09 Å². The molecule has 0 saturated carbocycles. The number of hydrogen-bond donors (Lipinski definition) is 1. The van der Waals surface area contributed by atoms with Crippen LogP contribution in [0.5, 0.6) is 0 Å². The molecular formula is C14H21NO3. The molecule has 0 aromatic heterocycles. The highest BCUT2D eigenvalue weighted by atomic mass is 16.4. The van der Waals surface area contributed by atoms with Gasteiger partial charge in [0.1, 0.15) is 0 Å². The predicted octanol–water partition coefficient (Wildman–Crippen LogP) is 2.69. The maximum atomic E-state index is 12.6. The number of ketones is 1. The highest BCUT2D eigenvalue weighted by Crippen LogP contribution is 2.47. The molecule has 2 rings (SSSR count). The van der Waals surface area contributed by atoms with Gasteiger partial charge in [-0.1, -0.05) is 26.8 Å². The standard InChI is InChI=1S/C14H21NO3/c1-13(2,3)10-4-5-14(11(10)16)6-8-15(9-7-14)12(17)18/h4H,5-9H2,1-3H3,(H,17,18). The van der Waals surface area contributed by atoms with E-state index >= 15 is 0 Å². The smallest absolute Gasteiger partial charge is 0.407 e.